The predicted molar refractivity (Wildman–Crippen MR) is 73.3 cm³/mol. The monoisotopic (exact) mass is 259 g/mol. The van der Waals surface area contributed by atoms with Gasteiger partial charge in [0.15, 0.2) is 0 Å². The van der Waals surface area contributed by atoms with E-state index in [0.29, 0.717) is 0 Å². The number of halogens is 1. The quantitative estimate of drug-likeness (QED) is 0.897. The summed E-state index contributed by atoms with van der Waals surface area (Å²) < 4.78 is 13.1. The van der Waals surface area contributed by atoms with Crippen molar-refractivity contribution in [3.8, 4) is 0 Å². The summed E-state index contributed by atoms with van der Waals surface area (Å²) in [6, 6.07) is 5.07. The van der Waals surface area contributed by atoms with Crippen LogP contribution in [0, 0.1) is 12.7 Å². The molecular formula is C15H18FN3. The van der Waals surface area contributed by atoms with E-state index >= 15 is 0 Å². The Bertz CT molecular complexity index is 528. The van der Waals surface area contributed by atoms with E-state index in [-0.39, 0.29) is 11.9 Å². The zero-order valence-electron chi connectivity index (χ0n) is 11.2. The molecule has 0 radical (unpaired) electrons. The molecule has 0 amide bonds. The Balaban J connectivity index is 2.21. The zero-order chi connectivity index (χ0) is 13.7. The van der Waals surface area contributed by atoms with Gasteiger partial charge in [0.2, 0.25) is 0 Å². The molecule has 0 fully saturated rings. The number of hydrogen-bond acceptors (Lipinski definition) is 3. The first kappa shape index (κ1) is 13.6. The highest BCUT2D eigenvalue weighted by Crippen LogP contribution is 2.20. The third-order valence-corrected chi connectivity index (χ3v) is 3.16. The number of nitrogens with zero attached hydrogens (tertiary/aromatic N) is 2. The van der Waals surface area contributed by atoms with Gasteiger partial charge in [-0.2, -0.15) is 0 Å². The lowest BCUT2D eigenvalue weighted by atomic mass is 9.97. The Morgan fingerprint density at radius 2 is 2.00 bits per heavy atom. The second-order valence-electron chi connectivity index (χ2n) is 4.56. The summed E-state index contributed by atoms with van der Waals surface area (Å²) >= 11 is 0. The van der Waals surface area contributed by atoms with Crippen LogP contribution in [0.4, 0.5) is 4.39 Å². The lowest BCUT2D eigenvalue weighted by molar-refractivity contribution is 0.544. The number of rotatable bonds is 5. The molecule has 1 heterocycles. The molecule has 1 unspecified atom stereocenters. The smallest absolute Gasteiger partial charge is 0.123 e. The van der Waals surface area contributed by atoms with Crippen molar-refractivity contribution in [2.45, 2.75) is 26.3 Å². The van der Waals surface area contributed by atoms with Crippen molar-refractivity contribution in [3.05, 3.63) is 59.4 Å². The first-order valence-corrected chi connectivity index (χ1v) is 6.44. The van der Waals surface area contributed by atoms with Gasteiger partial charge in [0, 0.05) is 24.0 Å². The Morgan fingerprint density at radius 3 is 2.63 bits per heavy atom. The van der Waals surface area contributed by atoms with Crippen molar-refractivity contribution in [1.82, 2.24) is 15.3 Å². The van der Waals surface area contributed by atoms with Crippen LogP contribution in [0.1, 0.15) is 29.7 Å². The maximum atomic E-state index is 13.1. The fourth-order valence-corrected chi connectivity index (χ4v) is 2.15. The summed E-state index contributed by atoms with van der Waals surface area (Å²) in [5.41, 5.74) is 3.16. The molecular weight excluding hydrogens is 241 g/mol. The second kappa shape index (κ2) is 6.38. The number of benzene rings is 1. The van der Waals surface area contributed by atoms with Gasteiger partial charge in [-0.05, 0) is 43.1 Å². The largest absolute Gasteiger partial charge is 0.310 e. The summed E-state index contributed by atoms with van der Waals surface area (Å²) in [4.78, 5) is 8.11. The van der Waals surface area contributed by atoms with Crippen LogP contribution in [0.5, 0.6) is 0 Å². The highest BCUT2D eigenvalue weighted by molar-refractivity contribution is 5.28. The SMILES string of the molecule is CCNC(Cc1ccc(F)cc1C)c1cncnc1. The van der Waals surface area contributed by atoms with Crippen molar-refractivity contribution in [3.63, 3.8) is 0 Å². The van der Waals surface area contributed by atoms with Gasteiger partial charge in [0.05, 0.1) is 0 Å². The van der Waals surface area contributed by atoms with Crippen molar-refractivity contribution in [1.29, 1.82) is 0 Å². The summed E-state index contributed by atoms with van der Waals surface area (Å²) in [5, 5.41) is 3.42. The van der Waals surface area contributed by atoms with Crippen molar-refractivity contribution in [2.75, 3.05) is 6.54 Å². The first-order chi connectivity index (χ1) is 9.20. The molecule has 1 N–H and O–H groups in total. The molecule has 4 heteroatoms. The first-order valence-electron chi connectivity index (χ1n) is 6.44. The molecule has 2 aromatic rings. The molecule has 19 heavy (non-hydrogen) atoms. The predicted octanol–water partition coefficient (Wildman–Crippen LogP) is 2.82. The molecule has 0 aliphatic carbocycles. The van der Waals surface area contributed by atoms with Gasteiger partial charge in [-0.25, -0.2) is 14.4 Å². The van der Waals surface area contributed by atoms with E-state index in [1.165, 1.54) is 12.4 Å². The molecule has 1 atom stereocenters. The van der Waals surface area contributed by atoms with Crippen LogP contribution < -0.4 is 5.32 Å². The molecule has 0 aliphatic heterocycles. The minimum atomic E-state index is -0.190. The summed E-state index contributed by atoms with van der Waals surface area (Å²) in [6.45, 7) is 4.86. The lowest BCUT2D eigenvalue weighted by Gasteiger charge is -2.18. The van der Waals surface area contributed by atoms with Crippen molar-refractivity contribution >= 4 is 0 Å². The molecule has 0 aliphatic rings. The molecule has 100 valence electrons. The lowest BCUT2D eigenvalue weighted by Crippen LogP contribution is -2.23. The van der Waals surface area contributed by atoms with Crippen LogP contribution in [-0.2, 0) is 6.42 Å². The van der Waals surface area contributed by atoms with Crippen molar-refractivity contribution in [2.24, 2.45) is 0 Å². The minimum absolute atomic E-state index is 0.148. The van der Waals surface area contributed by atoms with Crippen molar-refractivity contribution < 1.29 is 4.39 Å². The van der Waals surface area contributed by atoms with E-state index < -0.39 is 0 Å². The van der Waals surface area contributed by atoms with Crippen LogP contribution in [0.3, 0.4) is 0 Å². The number of hydrogen-bond donors (Lipinski definition) is 1. The Kier molecular flexibility index (Phi) is 4.58. The number of likely N-dealkylation sites (N-methyl/N-ethyl adjacent to an activating group) is 1. The molecule has 0 bridgehead atoms. The third-order valence-electron chi connectivity index (χ3n) is 3.16. The summed E-state index contributed by atoms with van der Waals surface area (Å²) in [7, 11) is 0. The average molecular weight is 259 g/mol. The van der Waals surface area contributed by atoms with Gasteiger partial charge in [-0.1, -0.05) is 13.0 Å². The standard InChI is InChI=1S/C15H18FN3/c1-3-19-15(13-8-17-10-18-9-13)7-12-4-5-14(16)6-11(12)2/h4-6,8-10,15,19H,3,7H2,1-2H3. The molecule has 0 spiro atoms. The van der Waals surface area contributed by atoms with Crippen LogP contribution in [0.15, 0.2) is 36.9 Å². The van der Waals surface area contributed by atoms with E-state index in [1.807, 2.05) is 25.4 Å². The highest BCUT2D eigenvalue weighted by Gasteiger charge is 2.13. The molecule has 1 aromatic heterocycles. The summed E-state index contributed by atoms with van der Waals surface area (Å²) in [5.74, 6) is -0.190. The highest BCUT2D eigenvalue weighted by atomic mass is 19.1. The minimum Gasteiger partial charge on any atom is -0.310 e. The normalized spacial score (nSPS) is 12.4. The topological polar surface area (TPSA) is 37.8 Å². The van der Waals surface area contributed by atoms with Gasteiger partial charge in [0.1, 0.15) is 12.1 Å². The fourth-order valence-electron chi connectivity index (χ4n) is 2.15. The van der Waals surface area contributed by atoms with E-state index in [1.54, 1.807) is 6.07 Å². The van der Waals surface area contributed by atoms with E-state index in [9.17, 15) is 4.39 Å². The molecule has 1 aromatic carbocycles. The van der Waals surface area contributed by atoms with Gasteiger partial charge in [-0.3, -0.25) is 0 Å². The van der Waals surface area contributed by atoms with Crippen LogP contribution >= 0.6 is 0 Å². The van der Waals surface area contributed by atoms with Gasteiger partial charge < -0.3 is 5.32 Å². The Hall–Kier alpha value is -1.81. The molecule has 3 nitrogen and oxygen atoms in total. The Labute approximate surface area is 112 Å². The second-order valence-corrected chi connectivity index (χ2v) is 4.56. The zero-order valence-corrected chi connectivity index (χ0v) is 11.2. The maximum absolute atomic E-state index is 13.1. The Morgan fingerprint density at radius 1 is 1.26 bits per heavy atom. The molecule has 2 rings (SSSR count). The van der Waals surface area contributed by atoms with Gasteiger partial charge in [-0.15, -0.1) is 0 Å². The number of nitrogens with one attached hydrogen (secondary N) is 1. The maximum Gasteiger partial charge on any atom is 0.123 e. The fraction of sp³-hybridized carbons (Fsp3) is 0.333. The van der Waals surface area contributed by atoms with E-state index in [2.05, 4.69) is 22.2 Å². The average Bonchev–Trinajstić information content (AvgIpc) is 2.42. The van der Waals surface area contributed by atoms with Crippen LogP contribution in [0.2, 0.25) is 0 Å². The van der Waals surface area contributed by atoms with E-state index in [4.69, 9.17) is 0 Å². The number of aromatic nitrogens is 2. The molecule has 0 saturated carbocycles. The van der Waals surface area contributed by atoms with Crippen LogP contribution in [0.25, 0.3) is 0 Å². The van der Waals surface area contributed by atoms with Crippen LogP contribution in [-0.4, -0.2) is 16.5 Å². The van der Waals surface area contributed by atoms with E-state index in [0.717, 1.165) is 29.7 Å². The molecule has 0 saturated heterocycles. The summed E-state index contributed by atoms with van der Waals surface area (Å²) in [6.07, 6.45) is 5.96. The van der Waals surface area contributed by atoms with Gasteiger partial charge >= 0.3 is 0 Å². The third kappa shape index (κ3) is 3.58. The number of aryl methyl sites for hydroxylation is 1. The van der Waals surface area contributed by atoms with Gasteiger partial charge in [0.25, 0.3) is 0 Å².